The van der Waals surface area contributed by atoms with Gasteiger partial charge in [0, 0.05) is 18.0 Å². The number of nitrogens with one attached hydrogen (secondary N) is 1. The SMILES string of the molecule is C[C@@H](Sc1ccccc1)C(=O)OCC(=O)N1CCNC1=O. The number of ether oxygens (including phenoxy) is 1. The van der Waals surface area contributed by atoms with Crippen molar-refractivity contribution in [1.29, 1.82) is 0 Å². The van der Waals surface area contributed by atoms with E-state index in [1.165, 1.54) is 11.8 Å². The number of amides is 3. The first kappa shape index (κ1) is 15.4. The van der Waals surface area contributed by atoms with E-state index < -0.39 is 29.8 Å². The lowest BCUT2D eigenvalue weighted by Gasteiger charge is -2.14. The second-order valence-electron chi connectivity index (χ2n) is 4.46. The molecule has 2 rings (SSSR count). The standard InChI is InChI=1S/C14H16N2O4S/c1-10(21-11-5-3-2-4-6-11)13(18)20-9-12(17)16-8-7-15-14(16)19/h2-6,10H,7-9H2,1H3,(H,15,19)/t10-/m1/s1. The fourth-order valence-corrected chi connectivity index (χ4v) is 2.68. The summed E-state index contributed by atoms with van der Waals surface area (Å²) in [5, 5.41) is 2.09. The second-order valence-corrected chi connectivity index (χ2v) is 5.87. The Bertz CT molecular complexity index is 535. The Hall–Kier alpha value is -2.02. The van der Waals surface area contributed by atoms with Gasteiger partial charge in [-0.3, -0.25) is 14.5 Å². The van der Waals surface area contributed by atoms with Crippen LogP contribution in [0.2, 0.25) is 0 Å². The van der Waals surface area contributed by atoms with Crippen LogP contribution in [0.15, 0.2) is 35.2 Å². The third kappa shape index (κ3) is 4.22. The summed E-state index contributed by atoms with van der Waals surface area (Å²) >= 11 is 1.36. The van der Waals surface area contributed by atoms with Crippen molar-refractivity contribution in [3.05, 3.63) is 30.3 Å². The van der Waals surface area contributed by atoms with Crippen LogP contribution in [0.5, 0.6) is 0 Å². The minimum atomic E-state index is -0.504. The molecule has 1 atom stereocenters. The van der Waals surface area contributed by atoms with Crippen LogP contribution in [0.1, 0.15) is 6.92 Å². The van der Waals surface area contributed by atoms with E-state index in [4.69, 9.17) is 4.74 Å². The van der Waals surface area contributed by atoms with E-state index in [1.54, 1.807) is 6.92 Å². The Morgan fingerprint density at radius 1 is 1.38 bits per heavy atom. The van der Waals surface area contributed by atoms with Crippen molar-refractivity contribution in [3.8, 4) is 0 Å². The van der Waals surface area contributed by atoms with Crippen LogP contribution in [0.3, 0.4) is 0 Å². The summed E-state index contributed by atoms with van der Waals surface area (Å²) in [6.07, 6.45) is 0. The van der Waals surface area contributed by atoms with E-state index in [0.717, 1.165) is 9.80 Å². The molecule has 1 aromatic rings. The van der Waals surface area contributed by atoms with Crippen molar-refractivity contribution in [2.24, 2.45) is 0 Å². The Kier molecular flexibility index (Phi) is 5.21. The molecule has 1 aromatic carbocycles. The maximum absolute atomic E-state index is 11.8. The smallest absolute Gasteiger partial charge is 0.324 e. The van der Waals surface area contributed by atoms with E-state index in [-0.39, 0.29) is 0 Å². The van der Waals surface area contributed by atoms with Gasteiger partial charge in [0.2, 0.25) is 0 Å². The molecule has 1 fully saturated rings. The molecule has 1 saturated heterocycles. The molecule has 0 aliphatic carbocycles. The number of hydrogen-bond donors (Lipinski definition) is 1. The van der Waals surface area contributed by atoms with Gasteiger partial charge in [-0.25, -0.2) is 4.79 Å². The van der Waals surface area contributed by atoms with E-state index in [1.807, 2.05) is 30.3 Å². The predicted octanol–water partition coefficient (Wildman–Crippen LogP) is 1.26. The van der Waals surface area contributed by atoms with Gasteiger partial charge in [-0.05, 0) is 19.1 Å². The molecule has 1 N–H and O–H groups in total. The number of thioether (sulfide) groups is 1. The lowest BCUT2D eigenvalue weighted by molar-refractivity contribution is -0.149. The van der Waals surface area contributed by atoms with E-state index in [9.17, 15) is 14.4 Å². The molecular weight excluding hydrogens is 292 g/mol. The van der Waals surface area contributed by atoms with Gasteiger partial charge < -0.3 is 10.1 Å². The summed E-state index contributed by atoms with van der Waals surface area (Å²) < 4.78 is 4.97. The number of esters is 1. The van der Waals surface area contributed by atoms with Crippen molar-refractivity contribution < 1.29 is 19.1 Å². The van der Waals surface area contributed by atoms with Crippen molar-refractivity contribution in [2.45, 2.75) is 17.1 Å². The molecule has 3 amide bonds. The second kappa shape index (κ2) is 7.12. The van der Waals surface area contributed by atoms with Crippen molar-refractivity contribution in [2.75, 3.05) is 19.7 Å². The first-order valence-electron chi connectivity index (χ1n) is 6.54. The molecule has 0 saturated carbocycles. The van der Waals surface area contributed by atoms with Crippen LogP contribution in [0.25, 0.3) is 0 Å². The van der Waals surface area contributed by atoms with Crippen LogP contribution in [0, 0.1) is 0 Å². The van der Waals surface area contributed by atoms with Crippen LogP contribution >= 0.6 is 11.8 Å². The average molecular weight is 308 g/mol. The lowest BCUT2D eigenvalue weighted by Crippen LogP contribution is -2.37. The maximum Gasteiger partial charge on any atom is 0.324 e. The molecule has 7 heteroatoms. The highest BCUT2D eigenvalue weighted by molar-refractivity contribution is 8.00. The van der Waals surface area contributed by atoms with Crippen molar-refractivity contribution >= 4 is 29.7 Å². The Labute approximate surface area is 126 Å². The number of nitrogens with zero attached hydrogens (tertiary/aromatic N) is 1. The summed E-state index contributed by atoms with van der Waals surface area (Å²) in [6, 6.07) is 9.02. The number of carbonyl (C=O) groups excluding carboxylic acids is 3. The highest BCUT2D eigenvalue weighted by Gasteiger charge is 2.27. The minimum absolute atomic E-state index is 0.309. The molecule has 1 heterocycles. The van der Waals surface area contributed by atoms with Crippen molar-refractivity contribution in [3.63, 3.8) is 0 Å². The van der Waals surface area contributed by atoms with E-state index >= 15 is 0 Å². The maximum atomic E-state index is 11.8. The molecule has 21 heavy (non-hydrogen) atoms. The molecule has 1 aliphatic heterocycles. The molecule has 0 spiro atoms. The summed E-state index contributed by atoms with van der Waals surface area (Å²) in [5.74, 6) is -0.980. The fraction of sp³-hybridized carbons (Fsp3) is 0.357. The van der Waals surface area contributed by atoms with Gasteiger partial charge >= 0.3 is 12.0 Å². The highest BCUT2D eigenvalue weighted by atomic mass is 32.2. The van der Waals surface area contributed by atoms with Crippen LogP contribution < -0.4 is 5.32 Å². The molecule has 112 valence electrons. The van der Waals surface area contributed by atoms with E-state index in [0.29, 0.717) is 13.1 Å². The first-order chi connectivity index (χ1) is 10.1. The Morgan fingerprint density at radius 3 is 2.71 bits per heavy atom. The Balaban J connectivity index is 1.78. The third-order valence-corrected chi connectivity index (χ3v) is 3.97. The molecule has 0 aromatic heterocycles. The molecular formula is C14H16N2O4S. The third-order valence-electron chi connectivity index (χ3n) is 2.88. The number of hydrogen-bond acceptors (Lipinski definition) is 5. The van der Waals surface area contributed by atoms with E-state index in [2.05, 4.69) is 5.32 Å². The lowest BCUT2D eigenvalue weighted by atomic mass is 10.4. The number of rotatable bonds is 5. The normalized spacial score (nSPS) is 15.5. The van der Waals surface area contributed by atoms with Gasteiger partial charge in [0.15, 0.2) is 6.61 Å². The minimum Gasteiger partial charge on any atom is -0.455 e. The quantitative estimate of drug-likeness (QED) is 0.655. The average Bonchev–Trinajstić information content (AvgIpc) is 2.91. The summed E-state index contributed by atoms with van der Waals surface area (Å²) in [5.41, 5.74) is 0. The first-order valence-corrected chi connectivity index (χ1v) is 7.42. The topological polar surface area (TPSA) is 75.7 Å². The van der Waals surface area contributed by atoms with Crippen molar-refractivity contribution in [1.82, 2.24) is 10.2 Å². The summed E-state index contributed by atoms with van der Waals surface area (Å²) in [4.78, 5) is 36.8. The van der Waals surface area contributed by atoms with Crippen LogP contribution in [-0.2, 0) is 14.3 Å². The van der Waals surface area contributed by atoms with Gasteiger partial charge in [0.1, 0.15) is 5.25 Å². The molecule has 0 unspecified atom stereocenters. The number of benzene rings is 1. The zero-order valence-corrected chi connectivity index (χ0v) is 12.4. The molecule has 6 nitrogen and oxygen atoms in total. The van der Waals surface area contributed by atoms with Crippen LogP contribution in [0.4, 0.5) is 4.79 Å². The molecule has 0 bridgehead atoms. The zero-order valence-electron chi connectivity index (χ0n) is 11.6. The summed E-state index contributed by atoms with van der Waals surface area (Å²) in [6.45, 7) is 2.04. The number of urea groups is 1. The van der Waals surface area contributed by atoms with Gasteiger partial charge in [0.05, 0.1) is 0 Å². The number of imide groups is 1. The van der Waals surface area contributed by atoms with Gasteiger partial charge in [-0.15, -0.1) is 11.8 Å². The largest absolute Gasteiger partial charge is 0.455 e. The Morgan fingerprint density at radius 2 is 2.10 bits per heavy atom. The monoisotopic (exact) mass is 308 g/mol. The van der Waals surface area contributed by atoms with Gasteiger partial charge in [-0.1, -0.05) is 18.2 Å². The number of carbonyl (C=O) groups is 3. The van der Waals surface area contributed by atoms with Gasteiger partial charge in [-0.2, -0.15) is 0 Å². The summed E-state index contributed by atoms with van der Waals surface area (Å²) in [7, 11) is 0. The zero-order chi connectivity index (χ0) is 15.2. The highest BCUT2D eigenvalue weighted by Crippen LogP contribution is 2.23. The fourth-order valence-electron chi connectivity index (χ4n) is 1.79. The predicted molar refractivity (Wildman–Crippen MR) is 77.8 cm³/mol. The molecule has 0 radical (unpaired) electrons. The van der Waals surface area contributed by atoms with Crippen LogP contribution in [-0.4, -0.2) is 47.8 Å². The molecule has 1 aliphatic rings. The van der Waals surface area contributed by atoms with Gasteiger partial charge in [0.25, 0.3) is 5.91 Å².